The van der Waals surface area contributed by atoms with Crippen molar-refractivity contribution in [1.29, 1.82) is 0 Å². The van der Waals surface area contributed by atoms with Crippen molar-refractivity contribution < 1.29 is 4.39 Å². The van der Waals surface area contributed by atoms with Gasteiger partial charge in [0.15, 0.2) is 0 Å². The van der Waals surface area contributed by atoms with Crippen molar-refractivity contribution in [1.82, 2.24) is 0 Å². The van der Waals surface area contributed by atoms with Crippen molar-refractivity contribution in [2.75, 3.05) is 5.32 Å². The molecule has 148 valence electrons. The maximum Gasteiger partial charge on any atom is 0.123 e. The molecule has 1 fully saturated rings. The zero-order valence-corrected chi connectivity index (χ0v) is 17.9. The van der Waals surface area contributed by atoms with Gasteiger partial charge in [0.05, 0.1) is 4.87 Å². The maximum atomic E-state index is 13.3. The molecule has 0 heterocycles. The van der Waals surface area contributed by atoms with Crippen LogP contribution in [0.5, 0.6) is 0 Å². The Bertz CT molecular complexity index is 1060. The van der Waals surface area contributed by atoms with Crippen molar-refractivity contribution in [3.63, 3.8) is 0 Å². The Kier molecular flexibility index (Phi) is 5.18. The van der Waals surface area contributed by atoms with Crippen molar-refractivity contribution >= 4 is 28.9 Å². The monoisotopic (exact) mass is 425 g/mol. The summed E-state index contributed by atoms with van der Waals surface area (Å²) in [6.07, 6.45) is 0. The number of halogens is 3. The Hall–Kier alpha value is -2.29. The van der Waals surface area contributed by atoms with E-state index in [1.165, 1.54) is 17.7 Å². The van der Waals surface area contributed by atoms with Crippen molar-refractivity contribution in [2.24, 2.45) is 5.92 Å². The van der Waals surface area contributed by atoms with E-state index in [0.29, 0.717) is 5.02 Å². The van der Waals surface area contributed by atoms with Crippen LogP contribution in [0.1, 0.15) is 24.0 Å². The van der Waals surface area contributed by atoms with Crippen LogP contribution in [0.15, 0.2) is 79.0 Å². The fourth-order valence-corrected chi connectivity index (χ4v) is 4.71. The van der Waals surface area contributed by atoms with E-state index in [1.807, 2.05) is 25.1 Å². The molecule has 4 rings (SSSR count). The molecule has 1 saturated carbocycles. The Morgan fingerprint density at radius 1 is 1.03 bits per heavy atom. The molecule has 1 aliphatic rings. The van der Waals surface area contributed by atoms with Gasteiger partial charge in [-0.25, -0.2) is 4.39 Å². The third kappa shape index (κ3) is 3.92. The third-order valence-electron chi connectivity index (χ3n) is 5.68. The van der Waals surface area contributed by atoms with E-state index in [0.717, 1.165) is 28.1 Å². The van der Waals surface area contributed by atoms with Crippen LogP contribution in [0.2, 0.25) is 5.02 Å². The van der Waals surface area contributed by atoms with Crippen LogP contribution in [0.4, 0.5) is 10.1 Å². The lowest BCUT2D eigenvalue weighted by molar-refractivity contribution is 0.627. The molecular weight excluding hydrogens is 404 g/mol. The highest BCUT2D eigenvalue weighted by molar-refractivity contribution is 6.33. The van der Waals surface area contributed by atoms with Gasteiger partial charge in [-0.15, -0.1) is 11.6 Å². The molecule has 1 aliphatic carbocycles. The normalized spacial score (nSPS) is 22.9. The largest absolute Gasteiger partial charge is 0.359 e. The van der Waals surface area contributed by atoms with Crippen LogP contribution in [-0.2, 0) is 0 Å². The van der Waals surface area contributed by atoms with Gasteiger partial charge in [0.1, 0.15) is 5.82 Å². The highest BCUT2D eigenvalue weighted by atomic mass is 35.5. The summed E-state index contributed by atoms with van der Waals surface area (Å²) >= 11 is 13.2. The minimum absolute atomic E-state index is 0.0492. The Morgan fingerprint density at radius 3 is 2.34 bits per heavy atom. The summed E-state index contributed by atoms with van der Waals surface area (Å²) in [5.74, 6) is -0.106. The Balaban J connectivity index is 1.55. The van der Waals surface area contributed by atoms with E-state index >= 15 is 0 Å². The molecule has 1 nitrogen and oxygen atoms in total. The van der Waals surface area contributed by atoms with Crippen LogP contribution in [0.25, 0.3) is 11.1 Å². The lowest BCUT2D eigenvalue weighted by Gasteiger charge is -2.13. The second-order valence-electron chi connectivity index (χ2n) is 7.87. The van der Waals surface area contributed by atoms with Crippen LogP contribution < -0.4 is 5.32 Å². The zero-order chi connectivity index (χ0) is 20.8. The van der Waals surface area contributed by atoms with Gasteiger partial charge in [-0.05, 0) is 55.3 Å². The standard InChI is InChI=1S/C25H22Cl2FN/c1-15-4-6-17(7-5-15)21-14-20(12-13-22(21)26)29-16(2)23-24(25(23,3)27)18-8-10-19(28)11-9-18/h4-14,23-24,29H,2H2,1,3H3. The van der Waals surface area contributed by atoms with E-state index in [-0.39, 0.29) is 17.7 Å². The van der Waals surface area contributed by atoms with E-state index in [2.05, 4.69) is 43.1 Å². The lowest BCUT2D eigenvalue weighted by Crippen LogP contribution is -2.05. The van der Waals surface area contributed by atoms with Gasteiger partial charge in [-0.1, -0.05) is 60.1 Å². The summed E-state index contributed by atoms with van der Waals surface area (Å²) in [6, 6.07) is 20.7. The summed E-state index contributed by atoms with van der Waals surface area (Å²) < 4.78 is 13.3. The number of aryl methyl sites for hydroxylation is 1. The number of hydrogen-bond acceptors (Lipinski definition) is 1. The highest BCUT2D eigenvalue weighted by Crippen LogP contribution is 2.64. The summed E-state index contributed by atoms with van der Waals surface area (Å²) in [7, 11) is 0. The average Bonchev–Trinajstić information content (AvgIpc) is 3.27. The average molecular weight is 426 g/mol. The molecular formula is C25H22Cl2FN. The molecule has 3 aromatic rings. The maximum absolute atomic E-state index is 13.3. The molecule has 0 saturated heterocycles. The minimum atomic E-state index is -0.450. The molecule has 3 atom stereocenters. The molecule has 3 unspecified atom stereocenters. The zero-order valence-electron chi connectivity index (χ0n) is 16.3. The van der Waals surface area contributed by atoms with Crippen molar-refractivity contribution in [2.45, 2.75) is 24.6 Å². The second kappa shape index (κ2) is 7.51. The van der Waals surface area contributed by atoms with E-state index in [9.17, 15) is 4.39 Å². The first kappa shape index (κ1) is 20.0. The molecule has 0 amide bonds. The van der Waals surface area contributed by atoms with Crippen LogP contribution in [-0.4, -0.2) is 4.87 Å². The molecule has 0 aromatic heterocycles. The lowest BCUT2D eigenvalue weighted by atomic mass is 10.0. The molecule has 1 N–H and O–H groups in total. The molecule has 3 aromatic carbocycles. The third-order valence-corrected chi connectivity index (χ3v) is 6.48. The van der Waals surface area contributed by atoms with Crippen molar-refractivity contribution in [3.8, 4) is 11.1 Å². The summed E-state index contributed by atoms with van der Waals surface area (Å²) in [5.41, 5.74) is 6.00. The van der Waals surface area contributed by atoms with Crippen LogP contribution in [0, 0.1) is 18.7 Å². The summed E-state index contributed by atoms with van der Waals surface area (Å²) in [4.78, 5) is -0.450. The van der Waals surface area contributed by atoms with E-state index in [1.54, 1.807) is 12.1 Å². The fraction of sp³-hybridized carbons (Fsp3) is 0.200. The quantitative estimate of drug-likeness (QED) is 0.411. The Morgan fingerprint density at radius 2 is 1.69 bits per heavy atom. The van der Waals surface area contributed by atoms with Gasteiger partial charge in [0, 0.05) is 33.8 Å². The first-order valence-electron chi connectivity index (χ1n) is 9.54. The SMILES string of the molecule is C=C(Nc1ccc(Cl)c(-c2ccc(C)cc2)c1)C1C(c2ccc(F)cc2)C1(C)Cl. The highest BCUT2D eigenvalue weighted by Gasteiger charge is 2.62. The van der Waals surface area contributed by atoms with Crippen LogP contribution in [0.3, 0.4) is 0 Å². The van der Waals surface area contributed by atoms with Gasteiger partial charge >= 0.3 is 0 Å². The minimum Gasteiger partial charge on any atom is -0.359 e. The van der Waals surface area contributed by atoms with E-state index in [4.69, 9.17) is 23.2 Å². The van der Waals surface area contributed by atoms with Crippen molar-refractivity contribution in [3.05, 3.63) is 101 Å². The smallest absolute Gasteiger partial charge is 0.123 e. The Labute approximate surface area is 181 Å². The molecule has 0 radical (unpaired) electrons. The molecule has 0 spiro atoms. The number of rotatable bonds is 5. The van der Waals surface area contributed by atoms with Gasteiger partial charge in [-0.2, -0.15) is 0 Å². The number of alkyl halides is 1. The topological polar surface area (TPSA) is 12.0 Å². The fourth-order valence-electron chi connectivity index (χ4n) is 4.03. The first-order chi connectivity index (χ1) is 13.8. The second-order valence-corrected chi connectivity index (χ2v) is 9.09. The number of nitrogens with one attached hydrogen (secondary N) is 1. The summed E-state index contributed by atoms with van der Waals surface area (Å²) in [5, 5.41) is 4.10. The van der Waals surface area contributed by atoms with Gasteiger partial charge in [-0.3, -0.25) is 0 Å². The predicted octanol–water partition coefficient (Wildman–Crippen LogP) is 7.79. The molecule has 0 bridgehead atoms. The number of anilines is 1. The number of benzene rings is 3. The molecule has 4 heteroatoms. The number of allylic oxidation sites excluding steroid dienone is 1. The molecule has 0 aliphatic heterocycles. The molecule has 29 heavy (non-hydrogen) atoms. The predicted molar refractivity (Wildman–Crippen MR) is 121 cm³/mol. The van der Waals surface area contributed by atoms with E-state index < -0.39 is 4.87 Å². The van der Waals surface area contributed by atoms with Gasteiger partial charge in [0.25, 0.3) is 0 Å². The first-order valence-corrected chi connectivity index (χ1v) is 10.3. The van der Waals surface area contributed by atoms with Crippen LogP contribution >= 0.6 is 23.2 Å². The number of hydrogen-bond donors (Lipinski definition) is 1. The van der Waals surface area contributed by atoms with Gasteiger partial charge in [0.2, 0.25) is 0 Å². The van der Waals surface area contributed by atoms with Gasteiger partial charge < -0.3 is 5.32 Å². The summed E-state index contributed by atoms with van der Waals surface area (Å²) in [6.45, 7) is 8.29.